The Bertz CT molecular complexity index is 688. The van der Waals surface area contributed by atoms with Crippen LogP contribution in [0.15, 0.2) is 28.5 Å². The van der Waals surface area contributed by atoms with Crippen LogP contribution in [0, 0.1) is 10.5 Å². The third-order valence-corrected chi connectivity index (χ3v) is 5.84. The zero-order valence-electron chi connectivity index (χ0n) is 11.1. The summed E-state index contributed by atoms with van der Waals surface area (Å²) in [5, 5.41) is 3.30. The van der Waals surface area contributed by atoms with Gasteiger partial charge in [0, 0.05) is 3.57 Å². The van der Waals surface area contributed by atoms with Crippen molar-refractivity contribution in [3.63, 3.8) is 0 Å². The first-order valence-corrected chi connectivity index (χ1v) is 8.80. The molecule has 2 rings (SSSR count). The van der Waals surface area contributed by atoms with Gasteiger partial charge in [0.05, 0.1) is 21.2 Å². The second-order valence-corrected chi connectivity index (χ2v) is 7.49. The molecule has 0 spiro atoms. The number of amides is 2. The maximum absolute atomic E-state index is 12.2. The number of hydrogen-bond acceptors (Lipinski definition) is 5. The lowest BCUT2D eigenvalue weighted by molar-refractivity contribution is -0.115. The molecule has 1 heterocycles. The van der Waals surface area contributed by atoms with E-state index in [1.807, 2.05) is 25.1 Å². The van der Waals surface area contributed by atoms with Gasteiger partial charge in [-0.15, -0.1) is 11.8 Å². The summed E-state index contributed by atoms with van der Waals surface area (Å²) in [7, 11) is 0. The first kappa shape index (κ1) is 16.2. The van der Waals surface area contributed by atoms with Gasteiger partial charge in [-0.3, -0.25) is 14.9 Å². The highest BCUT2D eigenvalue weighted by Gasteiger charge is 2.14. The maximum Gasteiger partial charge on any atom is 0.258 e. The largest absolute Gasteiger partial charge is 0.369 e. The van der Waals surface area contributed by atoms with Crippen molar-refractivity contribution in [1.29, 1.82) is 0 Å². The monoisotopic (exact) mass is 433 g/mol. The molecular weight excluding hydrogens is 421 g/mol. The zero-order valence-corrected chi connectivity index (χ0v) is 14.8. The van der Waals surface area contributed by atoms with Crippen LogP contribution in [0.3, 0.4) is 0 Å². The standard InChI is InChI=1S/C13H12IN3O2S2/c1-7-12(20-6-10(15)18)21-13(16-7)17-11(19)8-4-2-3-5-9(8)14/h2-5H,6H2,1H3,(H2,15,18)(H,16,17,19). The molecule has 0 bridgehead atoms. The highest BCUT2D eigenvalue weighted by molar-refractivity contribution is 14.1. The van der Waals surface area contributed by atoms with Crippen LogP contribution in [0.5, 0.6) is 0 Å². The third kappa shape index (κ3) is 4.42. The fourth-order valence-electron chi connectivity index (χ4n) is 1.52. The summed E-state index contributed by atoms with van der Waals surface area (Å²) in [6.07, 6.45) is 0. The van der Waals surface area contributed by atoms with Gasteiger partial charge >= 0.3 is 0 Å². The highest BCUT2D eigenvalue weighted by Crippen LogP contribution is 2.32. The van der Waals surface area contributed by atoms with Crippen LogP contribution in [0.25, 0.3) is 0 Å². The molecule has 0 aliphatic rings. The van der Waals surface area contributed by atoms with E-state index in [0.29, 0.717) is 10.7 Å². The molecule has 5 nitrogen and oxygen atoms in total. The Balaban J connectivity index is 2.10. The summed E-state index contributed by atoms with van der Waals surface area (Å²) in [4.78, 5) is 27.3. The lowest BCUT2D eigenvalue weighted by Crippen LogP contribution is -2.13. The van der Waals surface area contributed by atoms with Gasteiger partial charge in [0.15, 0.2) is 5.13 Å². The van der Waals surface area contributed by atoms with Gasteiger partial charge in [-0.05, 0) is 41.6 Å². The first-order chi connectivity index (χ1) is 9.97. The van der Waals surface area contributed by atoms with Crippen molar-refractivity contribution in [3.8, 4) is 0 Å². The molecule has 110 valence electrons. The average Bonchev–Trinajstić information content (AvgIpc) is 2.76. The number of carbonyl (C=O) groups is 2. The lowest BCUT2D eigenvalue weighted by atomic mass is 10.2. The van der Waals surface area contributed by atoms with Gasteiger partial charge in [0.1, 0.15) is 0 Å². The Labute approximate surface area is 143 Å². The number of primary amides is 1. The number of nitrogens with zero attached hydrogens (tertiary/aromatic N) is 1. The van der Waals surface area contributed by atoms with Gasteiger partial charge in [0.2, 0.25) is 5.91 Å². The molecule has 0 aliphatic heterocycles. The van der Waals surface area contributed by atoms with Crippen LogP contribution in [0.1, 0.15) is 16.1 Å². The number of hydrogen-bond donors (Lipinski definition) is 2. The number of thiazole rings is 1. The van der Waals surface area contributed by atoms with E-state index in [1.54, 1.807) is 6.07 Å². The Morgan fingerprint density at radius 1 is 1.43 bits per heavy atom. The molecule has 21 heavy (non-hydrogen) atoms. The highest BCUT2D eigenvalue weighted by atomic mass is 127. The van der Waals surface area contributed by atoms with E-state index in [4.69, 9.17) is 5.73 Å². The van der Waals surface area contributed by atoms with E-state index in [-0.39, 0.29) is 17.6 Å². The summed E-state index contributed by atoms with van der Waals surface area (Å²) in [6.45, 7) is 1.84. The molecule has 0 aliphatic carbocycles. The van der Waals surface area contributed by atoms with E-state index in [0.717, 1.165) is 13.5 Å². The fraction of sp³-hybridized carbons (Fsp3) is 0.154. The van der Waals surface area contributed by atoms with Crippen molar-refractivity contribution in [1.82, 2.24) is 4.98 Å². The molecule has 0 saturated heterocycles. The molecule has 3 N–H and O–H groups in total. The van der Waals surface area contributed by atoms with Crippen LogP contribution < -0.4 is 11.1 Å². The first-order valence-electron chi connectivity index (χ1n) is 5.92. The normalized spacial score (nSPS) is 10.4. The number of nitrogens with two attached hydrogens (primary N) is 1. The molecule has 1 aromatic carbocycles. The Morgan fingerprint density at radius 2 is 2.14 bits per heavy atom. The van der Waals surface area contributed by atoms with Crippen LogP contribution in [0.4, 0.5) is 5.13 Å². The van der Waals surface area contributed by atoms with Crippen molar-refractivity contribution >= 4 is 62.6 Å². The second kappa shape index (κ2) is 7.23. The number of aryl methyl sites for hydroxylation is 1. The predicted octanol–water partition coefficient (Wildman–Crippen LogP) is 2.89. The van der Waals surface area contributed by atoms with Crippen LogP contribution in [-0.2, 0) is 4.79 Å². The number of thioether (sulfide) groups is 1. The molecule has 0 fully saturated rings. The van der Waals surface area contributed by atoms with E-state index < -0.39 is 0 Å². The number of nitrogens with one attached hydrogen (secondary N) is 1. The average molecular weight is 433 g/mol. The summed E-state index contributed by atoms with van der Waals surface area (Å²) in [6, 6.07) is 7.33. The number of anilines is 1. The molecule has 8 heteroatoms. The number of halogens is 1. The van der Waals surface area contributed by atoms with Crippen molar-refractivity contribution in [2.24, 2.45) is 5.73 Å². The summed E-state index contributed by atoms with van der Waals surface area (Å²) >= 11 is 4.79. The SMILES string of the molecule is Cc1nc(NC(=O)c2ccccc2I)sc1SCC(N)=O. The number of rotatable bonds is 5. The topological polar surface area (TPSA) is 85.1 Å². The summed E-state index contributed by atoms with van der Waals surface area (Å²) in [5.41, 5.74) is 6.51. The number of benzene rings is 1. The minimum atomic E-state index is -0.378. The fourth-order valence-corrected chi connectivity index (χ4v) is 4.02. The molecule has 2 aromatic rings. The summed E-state index contributed by atoms with van der Waals surface area (Å²) < 4.78 is 1.76. The molecule has 0 unspecified atom stereocenters. The molecule has 0 radical (unpaired) electrons. The van der Waals surface area contributed by atoms with Gasteiger partial charge in [0.25, 0.3) is 5.91 Å². The number of carbonyl (C=O) groups excluding carboxylic acids is 2. The van der Waals surface area contributed by atoms with Crippen LogP contribution in [-0.4, -0.2) is 22.6 Å². The molecule has 2 amide bonds. The number of aromatic nitrogens is 1. The third-order valence-electron chi connectivity index (χ3n) is 2.44. The Morgan fingerprint density at radius 3 is 2.81 bits per heavy atom. The summed E-state index contributed by atoms with van der Waals surface area (Å²) in [5.74, 6) is -0.370. The molecule has 0 saturated carbocycles. The smallest absolute Gasteiger partial charge is 0.258 e. The van der Waals surface area contributed by atoms with Gasteiger partial charge in [-0.25, -0.2) is 4.98 Å². The molecule has 1 aromatic heterocycles. The van der Waals surface area contributed by atoms with Crippen LogP contribution >= 0.6 is 45.7 Å². The van der Waals surface area contributed by atoms with E-state index in [1.165, 1.54) is 23.1 Å². The van der Waals surface area contributed by atoms with Crippen molar-refractivity contribution in [3.05, 3.63) is 39.1 Å². The van der Waals surface area contributed by atoms with Gasteiger partial charge in [-0.1, -0.05) is 23.5 Å². The molecule has 0 atom stereocenters. The second-order valence-electron chi connectivity index (χ2n) is 4.08. The quantitative estimate of drug-likeness (QED) is 0.561. The predicted molar refractivity (Wildman–Crippen MR) is 93.9 cm³/mol. The minimum absolute atomic E-state index is 0.194. The van der Waals surface area contributed by atoms with E-state index >= 15 is 0 Å². The Kier molecular flexibility index (Phi) is 5.59. The van der Waals surface area contributed by atoms with Crippen molar-refractivity contribution in [2.75, 3.05) is 11.1 Å². The van der Waals surface area contributed by atoms with Crippen LogP contribution in [0.2, 0.25) is 0 Å². The van der Waals surface area contributed by atoms with E-state index in [2.05, 4.69) is 32.9 Å². The van der Waals surface area contributed by atoms with Crippen molar-refractivity contribution < 1.29 is 9.59 Å². The van der Waals surface area contributed by atoms with Crippen molar-refractivity contribution in [2.45, 2.75) is 11.1 Å². The van der Waals surface area contributed by atoms with E-state index in [9.17, 15) is 9.59 Å². The molecular formula is C13H12IN3O2S2. The zero-order chi connectivity index (χ0) is 15.4. The Hall–Kier alpha value is -1.13. The van der Waals surface area contributed by atoms with Gasteiger partial charge in [-0.2, -0.15) is 0 Å². The maximum atomic E-state index is 12.2. The minimum Gasteiger partial charge on any atom is -0.369 e. The lowest BCUT2D eigenvalue weighted by Gasteiger charge is -2.03. The van der Waals surface area contributed by atoms with Gasteiger partial charge < -0.3 is 5.73 Å².